The summed E-state index contributed by atoms with van der Waals surface area (Å²) in [7, 11) is 1.85. The van der Waals surface area contributed by atoms with E-state index in [0.717, 1.165) is 4.47 Å². The molecule has 0 radical (unpaired) electrons. The number of hydrogen-bond donors (Lipinski definition) is 1. The Hall–Kier alpha value is -0.490. The third kappa shape index (κ3) is 2.68. The van der Waals surface area contributed by atoms with E-state index in [1.165, 1.54) is 6.07 Å². The molecule has 0 atom stereocenters. The zero-order valence-corrected chi connectivity index (χ0v) is 11.4. The van der Waals surface area contributed by atoms with Crippen molar-refractivity contribution in [3.63, 3.8) is 0 Å². The van der Waals surface area contributed by atoms with Gasteiger partial charge in [-0.25, -0.2) is 4.39 Å². The molecule has 0 bridgehead atoms. The van der Waals surface area contributed by atoms with Crippen LogP contribution in [0.2, 0.25) is 0 Å². The van der Waals surface area contributed by atoms with E-state index in [2.05, 4.69) is 21.2 Å². The van der Waals surface area contributed by atoms with Gasteiger partial charge in [0.2, 0.25) is 0 Å². The molecular formula is C12H15BrFNO2. The summed E-state index contributed by atoms with van der Waals surface area (Å²) >= 11 is 3.32. The lowest BCUT2D eigenvalue weighted by Gasteiger charge is -2.38. The van der Waals surface area contributed by atoms with Crippen molar-refractivity contribution in [3.05, 3.63) is 34.1 Å². The molecule has 1 aliphatic heterocycles. The zero-order valence-electron chi connectivity index (χ0n) is 9.80. The van der Waals surface area contributed by atoms with Crippen LogP contribution in [0.1, 0.15) is 12.5 Å². The number of ether oxygens (including phenoxy) is 2. The van der Waals surface area contributed by atoms with E-state index in [9.17, 15) is 4.39 Å². The molecule has 0 amide bonds. The van der Waals surface area contributed by atoms with Gasteiger partial charge in [-0.2, -0.15) is 0 Å². The second-order valence-corrected chi connectivity index (χ2v) is 5.09. The smallest absolute Gasteiger partial charge is 0.194 e. The molecule has 17 heavy (non-hydrogen) atoms. The molecule has 1 saturated heterocycles. The molecular weight excluding hydrogens is 289 g/mol. The monoisotopic (exact) mass is 303 g/mol. The van der Waals surface area contributed by atoms with Crippen molar-refractivity contribution in [1.29, 1.82) is 0 Å². The molecule has 1 aliphatic rings. The molecule has 2 rings (SSSR count). The summed E-state index contributed by atoms with van der Waals surface area (Å²) in [6.45, 7) is 2.74. The van der Waals surface area contributed by atoms with Crippen molar-refractivity contribution in [2.45, 2.75) is 18.8 Å². The zero-order chi connectivity index (χ0) is 12.5. The average molecular weight is 304 g/mol. The minimum absolute atomic E-state index is 0.151. The predicted molar refractivity (Wildman–Crippen MR) is 66.2 cm³/mol. The van der Waals surface area contributed by atoms with Crippen molar-refractivity contribution in [2.75, 3.05) is 20.3 Å². The standard InChI is InChI=1S/C12H15BrFNO2/c1-12(16-6-9(15-2)7-17-12)10-5-8(13)3-4-11(10)14/h3-5,9,15H,6-7H2,1-2H3. The van der Waals surface area contributed by atoms with Gasteiger partial charge in [-0.1, -0.05) is 15.9 Å². The highest BCUT2D eigenvalue weighted by atomic mass is 79.9. The molecule has 0 unspecified atom stereocenters. The number of benzene rings is 1. The van der Waals surface area contributed by atoms with E-state index in [1.807, 2.05) is 7.05 Å². The maximum absolute atomic E-state index is 13.8. The van der Waals surface area contributed by atoms with Crippen molar-refractivity contribution in [1.82, 2.24) is 5.32 Å². The maximum Gasteiger partial charge on any atom is 0.194 e. The fraction of sp³-hybridized carbons (Fsp3) is 0.500. The minimum atomic E-state index is -1.01. The van der Waals surface area contributed by atoms with Gasteiger partial charge in [0.15, 0.2) is 5.79 Å². The number of halogens is 2. The minimum Gasteiger partial charge on any atom is -0.344 e. The van der Waals surface area contributed by atoms with Gasteiger partial charge in [0.25, 0.3) is 0 Å². The quantitative estimate of drug-likeness (QED) is 0.910. The Morgan fingerprint density at radius 3 is 2.65 bits per heavy atom. The highest BCUT2D eigenvalue weighted by Crippen LogP contribution is 2.33. The lowest BCUT2D eigenvalue weighted by molar-refractivity contribution is -0.273. The van der Waals surface area contributed by atoms with Crippen LogP contribution < -0.4 is 5.32 Å². The van der Waals surface area contributed by atoms with Crippen molar-refractivity contribution < 1.29 is 13.9 Å². The van der Waals surface area contributed by atoms with E-state index in [1.54, 1.807) is 19.1 Å². The number of nitrogens with one attached hydrogen (secondary N) is 1. The first kappa shape index (κ1) is 13.0. The Kier molecular flexibility index (Phi) is 3.82. The first-order valence-electron chi connectivity index (χ1n) is 5.46. The van der Waals surface area contributed by atoms with Gasteiger partial charge in [0, 0.05) is 10.0 Å². The summed E-state index contributed by atoms with van der Waals surface area (Å²) in [5.74, 6) is -1.33. The van der Waals surface area contributed by atoms with Crippen LogP contribution in [0, 0.1) is 5.82 Å². The summed E-state index contributed by atoms with van der Waals surface area (Å²) in [5.41, 5.74) is 0.418. The van der Waals surface area contributed by atoms with E-state index in [4.69, 9.17) is 9.47 Å². The fourth-order valence-electron chi connectivity index (χ4n) is 1.78. The van der Waals surface area contributed by atoms with Crippen molar-refractivity contribution >= 4 is 15.9 Å². The molecule has 0 aliphatic carbocycles. The molecule has 3 nitrogen and oxygen atoms in total. The number of hydrogen-bond acceptors (Lipinski definition) is 3. The molecule has 1 heterocycles. The summed E-state index contributed by atoms with van der Waals surface area (Å²) in [6, 6.07) is 4.90. The molecule has 0 aromatic heterocycles. The first-order valence-corrected chi connectivity index (χ1v) is 6.25. The molecule has 1 fully saturated rings. The molecule has 5 heteroatoms. The van der Waals surface area contributed by atoms with Crippen LogP contribution in [-0.4, -0.2) is 26.3 Å². The SMILES string of the molecule is CNC1COC(C)(c2cc(Br)ccc2F)OC1. The maximum atomic E-state index is 13.8. The first-order chi connectivity index (χ1) is 8.05. The normalized spacial score (nSPS) is 29.3. The summed E-state index contributed by atoms with van der Waals surface area (Å²) in [5, 5.41) is 3.07. The average Bonchev–Trinajstić information content (AvgIpc) is 2.33. The molecule has 1 aromatic rings. The van der Waals surface area contributed by atoms with Gasteiger partial charge < -0.3 is 14.8 Å². The van der Waals surface area contributed by atoms with Crippen LogP contribution >= 0.6 is 15.9 Å². The van der Waals surface area contributed by atoms with Gasteiger partial charge in [-0.3, -0.25) is 0 Å². The second-order valence-electron chi connectivity index (χ2n) is 4.18. The Morgan fingerprint density at radius 1 is 1.41 bits per heavy atom. The van der Waals surface area contributed by atoms with Gasteiger partial charge in [-0.15, -0.1) is 0 Å². The third-order valence-corrected chi connectivity index (χ3v) is 3.44. The molecule has 0 spiro atoms. The van der Waals surface area contributed by atoms with E-state index in [0.29, 0.717) is 18.8 Å². The van der Waals surface area contributed by atoms with E-state index in [-0.39, 0.29) is 11.9 Å². The summed E-state index contributed by atoms with van der Waals surface area (Å²) in [6.07, 6.45) is 0. The molecule has 0 saturated carbocycles. The summed E-state index contributed by atoms with van der Waals surface area (Å²) < 4.78 is 25.9. The van der Waals surface area contributed by atoms with Gasteiger partial charge in [0.05, 0.1) is 19.3 Å². The van der Waals surface area contributed by atoms with Crippen LogP contribution in [0.3, 0.4) is 0 Å². The highest BCUT2D eigenvalue weighted by molar-refractivity contribution is 9.10. The Balaban J connectivity index is 2.24. The number of rotatable bonds is 2. The Labute approximate surface area is 108 Å². The molecule has 1 N–H and O–H groups in total. The third-order valence-electron chi connectivity index (χ3n) is 2.95. The van der Waals surface area contributed by atoms with E-state index < -0.39 is 5.79 Å². The predicted octanol–water partition coefficient (Wildman–Crippen LogP) is 2.40. The highest BCUT2D eigenvalue weighted by Gasteiger charge is 2.36. The lowest BCUT2D eigenvalue weighted by atomic mass is 10.1. The van der Waals surface area contributed by atoms with Gasteiger partial charge >= 0.3 is 0 Å². The largest absolute Gasteiger partial charge is 0.344 e. The van der Waals surface area contributed by atoms with E-state index >= 15 is 0 Å². The van der Waals surface area contributed by atoms with Crippen LogP contribution in [-0.2, 0) is 15.3 Å². The van der Waals surface area contributed by atoms with Gasteiger partial charge in [-0.05, 0) is 32.2 Å². The van der Waals surface area contributed by atoms with Gasteiger partial charge in [0.1, 0.15) is 5.82 Å². The van der Waals surface area contributed by atoms with Crippen molar-refractivity contribution in [2.24, 2.45) is 0 Å². The molecule has 1 aromatic carbocycles. The second kappa shape index (κ2) is 5.02. The Bertz CT molecular complexity index is 405. The Morgan fingerprint density at radius 2 is 2.06 bits per heavy atom. The summed E-state index contributed by atoms with van der Waals surface area (Å²) in [4.78, 5) is 0. The van der Waals surface area contributed by atoms with Crippen LogP contribution in [0.5, 0.6) is 0 Å². The van der Waals surface area contributed by atoms with Crippen molar-refractivity contribution in [3.8, 4) is 0 Å². The van der Waals surface area contributed by atoms with Crippen LogP contribution in [0.4, 0.5) is 4.39 Å². The number of likely N-dealkylation sites (N-methyl/N-ethyl adjacent to an activating group) is 1. The lowest BCUT2D eigenvalue weighted by Crippen LogP contribution is -2.47. The van der Waals surface area contributed by atoms with Crippen LogP contribution in [0.15, 0.2) is 22.7 Å². The fourth-order valence-corrected chi connectivity index (χ4v) is 2.14. The topological polar surface area (TPSA) is 30.5 Å². The van der Waals surface area contributed by atoms with Crippen LogP contribution in [0.25, 0.3) is 0 Å². The molecule has 94 valence electrons.